The van der Waals surface area contributed by atoms with Crippen molar-refractivity contribution in [2.45, 2.75) is 19.8 Å². The lowest BCUT2D eigenvalue weighted by Crippen LogP contribution is -2.31. The second-order valence-corrected chi connectivity index (χ2v) is 5.25. The summed E-state index contributed by atoms with van der Waals surface area (Å²) in [4.78, 5) is 14.8. The van der Waals surface area contributed by atoms with Gasteiger partial charge in [0.25, 0.3) is 5.91 Å². The molecule has 0 atom stereocenters. The summed E-state index contributed by atoms with van der Waals surface area (Å²) in [5, 5.41) is 0. The van der Waals surface area contributed by atoms with E-state index in [0.717, 1.165) is 18.5 Å². The van der Waals surface area contributed by atoms with Crippen LogP contribution in [-0.2, 0) is 0 Å². The maximum absolute atomic E-state index is 13.0. The minimum atomic E-state index is -0.0538. The number of methoxy groups -OCH3 is 2. The number of hydrogen-bond acceptors (Lipinski definition) is 3. The van der Waals surface area contributed by atoms with Gasteiger partial charge in [-0.05, 0) is 30.7 Å². The molecule has 0 aliphatic carbocycles. The van der Waals surface area contributed by atoms with Crippen LogP contribution in [0.5, 0.6) is 11.5 Å². The molecule has 0 bridgehead atoms. The highest BCUT2D eigenvalue weighted by Gasteiger charge is 2.18. The van der Waals surface area contributed by atoms with Crippen LogP contribution in [0, 0.1) is 0 Å². The summed E-state index contributed by atoms with van der Waals surface area (Å²) in [6, 6.07) is 15.0. The van der Waals surface area contributed by atoms with Crippen LogP contribution >= 0.6 is 0 Å². The molecule has 23 heavy (non-hydrogen) atoms. The van der Waals surface area contributed by atoms with Crippen molar-refractivity contribution in [1.82, 2.24) is 0 Å². The SMILES string of the molecule is CCCCN(C(=O)c1cc(OC)cc(OC)c1)c1ccccc1. The average Bonchev–Trinajstić information content (AvgIpc) is 2.62. The van der Waals surface area contributed by atoms with E-state index in [4.69, 9.17) is 9.47 Å². The molecule has 2 aromatic rings. The highest BCUT2D eigenvalue weighted by atomic mass is 16.5. The normalized spacial score (nSPS) is 10.2. The summed E-state index contributed by atoms with van der Waals surface area (Å²) in [6.07, 6.45) is 1.97. The number of rotatable bonds is 7. The molecule has 0 N–H and O–H groups in total. The molecule has 1 amide bonds. The van der Waals surface area contributed by atoms with Gasteiger partial charge in [0, 0.05) is 23.9 Å². The van der Waals surface area contributed by atoms with Crippen LogP contribution in [0.3, 0.4) is 0 Å². The maximum atomic E-state index is 13.0. The van der Waals surface area contributed by atoms with E-state index in [1.807, 2.05) is 30.3 Å². The number of benzene rings is 2. The number of para-hydroxylation sites is 1. The quantitative estimate of drug-likeness (QED) is 0.771. The lowest BCUT2D eigenvalue weighted by Gasteiger charge is -2.23. The van der Waals surface area contributed by atoms with Crippen LogP contribution in [-0.4, -0.2) is 26.7 Å². The monoisotopic (exact) mass is 313 g/mol. The van der Waals surface area contributed by atoms with Crippen molar-refractivity contribution in [3.05, 3.63) is 54.1 Å². The Morgan fingerprint density at radius 3 is 2.13 bits per heavy atom. The Morgan fingerprint density at radius 1 is 1.00 bits per heavy atom. The van der Waals surface area contributed by atoms with Gasteiger partial charge in [-0.15, -0.1) is 0 Å². The largest absolute Gasteiger partial charge is 0.497 e. The van der Waals surface area contributed by atoms with Crippen molar-refractivity contribution in [3.8, 4) is 11.5 Å². The minimum absolute atomic E-state index is 0.0538. The first-order valence-electron chi connectivity index (χ1n) is 7.79. The number of anilines is 1. The van der Waals surface area contributed by atoms with Gasteiger partial charge in [0.05, 0.1) is 14.2 Å². The Labute approximate surface area is 137 Å². The predicted octanol–water partition coefficient (Wildman–Crippen LogP) is 4.15. The number of ether oxygens (including phenoxy) is 2. The van der Waals surface area contributed by atoms with Crippen LogP contribution in [0.15, 0.2) is 48.5 Å². The summed E-state index contributed by atoms with van der Waals surface area (Å²) >= 11 is 0. The molecule has 4 nitrogen and oxygen atoms in total. The Bertz CT molecular complexity index is 618. The molecule has 2 aromatic carbocycles. The number of carbonyl (C=O) groups excluding carboxylic acids is 1. The fraction of sp³-hybridized carbons (Fsp3) is 0.316. The van der Waals surface area contributed by atoms with Crippen molar-refractivity contribution < 1.29 is 14.3 Å². The van der Waals surface area contributed by atoms with Gasteiger partial charge < -0.3 is 14.4 Å². The van der Waals surface area contributed by atoms with E-state index in [1.165, 1.54) is 0 Å². The lowest BCUT2D eigenvalue weighted by atomic mass is 10.1. The molecule has 122 valence electrons. The number of amides is 1. The molecule has 0 radical (unpaired) electrons. The highest BCUT2D eigenvalue weighted by Crippen LogP contribution is 2.25. The van der Waals surface area contributed by atoms with Gasteiger partial charge in [0.2, 0.25) is 0 Å². The lowest BCUT2D eigenvalue weighted by molar-refractivity contribution is 0.0986. The van der Waals surface area contributed by atoms with Gasteiger partial charge in [0.15, 0.2) is 0 Å². The number of nitrogens with zero attached hydrogens (tertiary/aromatic N) is 1. The zero-order valence-electron chi connectivity index (χ0n) is 13.9. The van der Waals surface area contributed by atoms with E-state index in [1.54, 1.807) is 37.3 Å². The molecule has 0 unspecified atom stereocenters. The van der Waals surface area contributed by atoms with Crippen molar-refractivity contribution in [3.63, 3.8) is 0 Å². The van der Waals surface area contributed by atoms with Gasteiger partial charge in [-0.2, -0.15) is 0 Å². The first-order valence-corrected chi connectivity index (χ1v) is 7.79. The molecule has 4 heteroatoms. The first-order chi connectivity index (χ1) is 11.2. The van der Waals surface area contributed by atoms with Gasteiger partial charge in [0.1, 0.15) is 11.5 Å². The Kier molecular flexibility index (Phi) is 6.03. The molecule has 0 heterocycles. The Balaban J connectivity index is 2.37. The van der Waals surface area contributed by atoms with E-state index in [-0.39, 0.29) is 5.91 Å². The minimum Gasteiger partial charge on any atom is -0.497 e. The third kappa shape index (κ3) is 4.25. The molecular formula is C19H23NO3. The van der Waals surface area contributed by atoms with Crippen molar-refractivity contribution >= 4 is 11.6 Å². The Morgan fingerprint density at radius 2 is 1.61 bits per heavy atom. The van der Waals surface area contributed by atoms with Gasteiger partial charge in [-0.1, -0.05) is 31.5 Å². The van der Waals surface area contributed by atoms with E-state index >= 15 is 0 Å². The van der Waals surface area contributed by atoms with Crippen LogP contribution in [0.2, 0.25) is 0 Å². The van der Waals surface area contributed by atoms with E-state index < -0.39 is 0 Å². The molecule has 0 saturated carbocycles. The van der Waals surface area contributed by atoms with Crippen molar-refractivity contribution in [2.24, 2.45) is 0 Å². The van der Waals surface area contributed by atoms with Crippen LogP contribution in [0.1, 0.15) is 30.1 Å². The van der Waals surface area contributed by atoms with E-state index in [2.05, 4.69) is 6.92 Å². The van der Waals surface area contributed by atoms with E-state index in [0.29, 0.717) is 23.6 Å². The summed E-state index contributed by atoms with van der Waals surface area (Å²) in [5.41, 5.74) is 1.45. The molecule has 0 aliphatic rings. The molecule has 0 saturated heterocycles. The molecule has 0 spiro atoms. The van der Waals surface area contributed by atoms with Crippen LogP contribution in [0.25, 0.3) is 0 Å². The van der Waals surface area contributed by atoms with Crippen LogP contribution < -0.4 is 14.4 Å². The summed E-state index contributed by atoms with van der Waals surface area (Å²) in [5.74, 6) is 1.16. The zero-order valence-corrected chi connectivity index (χ0v) is 13.9. The fourth-order valence-electron chi connectivity index (χ4n) is 2.36. The number of hydrogen-bond donors (Lipinski definition) is 0. The Hall–Kier alpha value is -2.49. The zero-order chi connectivity index (χ0) is 16.7. The molecule has 0 aliphatic heterocycles. The predicted molar refractivity (Wildman–Crippen MR) is 92.6 cm³/mol. The summed E-state index contributed by atoms with van der Waals surface area (Å²) in [6.45, 7) is 2.79. The van der Waals surface area contributed by atoms with E-state index in [9.17, 15) is 4.79 Å². The van der Waals surface area contributed by atoms with Crippen molar-refractivity contribution in [1.29, 1.82) is 0 Å². The third-order valence-electron chi connectivity index (χ3n) is 3.65. The molecule has 0 aromatic heterocycles. The summed E-state index contributed by atoms with van der Waals surface area (Å²) in [7, 11) is 3.16. The topological polar surface area (TPSA) is 38.8 Å². The third-order valence-corrected chi connectivity index (χ3v) is 3.65. The second-order valence-electron chi connectivity index (χ2n) is 5.25. The van der Waals surface area contributed by atoms with Gasteiger partial charge in [-0.25, -0.2) is 0 Å². The van der Waals surface area contributed by atoms with Gasteiger partial charge >= 0.3 is 0 Å². The maximum Gasteiger partial charge on any atom is 0.258 e. The number of carbonyl (C=O) groups is 1. The summed E-state index contributed by atoms with van der Waals surface area (Å²) < 4.78 is 10.5. The molecule has 2 rings (SSSR count). The highest BCUT2D eigenvalue weighted by molar-refractivity contribution is 6.06. The first kappa shape index (κ1) is 16.9. The molecule has 0 fully saturated rings. The second kappa shape index (κ2) is 8.22. The molecular weight excluding hydrogens is 290 g/mol. The smallest absolute Gasteiger partial charge is 0.258 e. The van der Waals surface area contributed by atoms with Crippen molar-refractivity contribution in [2.75, 3.05) is 25.7 Å². The standard InChI is InChI=1S/C19H23NO3/c1-4-5-11-20(16-9-7-6-8-10-16)19(21)15-12-17(22-2)14-18(13-15)23-3/h6-10,12-14H,4-5,11H2,1-3H3. The van der Waals surface area contributed by atoms with Crippen LogP contribution in [0.4, 0.5) is 5.69 Å². The average molecular weight is 313 g/mol. The van der Waals surface area contributed by atoms with Gasteiger partial charge in [-0.3, -0.25) is 4.79 Å². The fourth-order valence-corrected chi connectivity index (χ4v) is 2.36. The number of unbranched alkanes of at least 4 members (excludes halogenated alkanes) is 1.